The maximum absolute atomic E-state index is 14.9. The van der Waals surface area contributed by atoms with Gasteiger partial charge in [0.15, 0.2) is 0 Å². The van der Waals surface area contributed by atoms with Gasteiger partial charge in [-0.15, -0.1) is 0 Å². The molecule has 0 fully saturated rings. The summed E-state index contributed by atoms with van der Waals surface area (Å²) in [5.41, 5.74) is 4.96. The fourth-order valence-electron chi connectivity index (χ4n) is 9.42. The second-order valence-electron chi connectivity index (χ2n) is 20.2. The Hall–Kier alpha value is -7.72. The molecule has 0 atom stereocenters. The van der Waals surface area contributed by atoms with Gasteiger partial charge in [0, 0.05) is 65.5 Å². The van der Waals surface area contributed by atoms with E-state index in [1.807, 2.05) is 153 Å². The van der Waals surface area contributed by atoms with E-state index < -0.39 is 23.4 Å². The van der Waals surface area contributed by atoms with Crippen molar-refractivity contribution in [3.8, 4) is 11.1 Å². The van der Waals surface area contributed by atoms with Crippen molar-refractivity contribution in [1.82, 2.24) is 19.6 Å². The van der Waals surface area contributed by atoms with Crippen molar-refractivity contribution in [3.63, 3.8) is 0 Å². The van der Waals surface area contributed by atoms with Crippen molar-refractivity contribution in [2.75, 3.05) is 28.2 Å². The molecule has 4 amide bonds. The molecule has 8 rings (SSSR count). The van der Waals surface area contributed by atoms with Crippen LogP contribution in [0.2, 0.25) is 0 Å². The lowest BCUT2D eigenvalue weighted by molar-refractivity contribution is 0.0276. The Morgan fingerprint density at radius 2 is 0.557 bits per heavy atom. The largest absolute Gasteiger partial charge is 0.444 e. The summed E-state index contributed by atoms with van der Waals surface area (Å²) in [4.78, 5) is 62.7. The normalized spacial score (nSPS) is 11.7. The summed E-state index contributed by atoms with van der Waals surface area (Å²) in [6.07, 6.45) is -0.808. The second kappa shape index (κ2) is 19.7. The highest BCUT2D eigenvalue weighted by molar-refractivity contribution is 6.10. The lowest BCUT2D eigenvalue weighted by Crippen LogP contribution is -2.34. The molecule has 0 saturated heterocycles. The summed E-state index contributed by atoms with van der Waals surface area (Å²) in [6.45, 7) is 12.4. The Labute approximate surface area is 411 Å². The van der Waals surface area contributed by atoms with Gasteiger partial charge in [-0.1, -0.05) is 133 Å². The minimum absolute atomic E-state index is 0.191. The zero-order valence-electron chi connectivity index (χ0n) is 41.9. The van der Waals surface area contributed by atoms with E-state index in [1.54, 1.807) is 33.7 Å². The van der Waals surface area contributed by atoms with E-state index in [0.29, 0.717) is 48.4 Å². The molecule has 0 radical (unpaired) electrons. The van der Waals surface area contributed by atoms with E-state index in [-0.39, 0.29) is 11.8 Å². The van der Waals surface area contributed by atoms with E-state index >= 15 is 0 Å². The molecule has 10 nitrogen and oxygen atoms in total. The summed E-state index contributed by atoms with van der Waals surface area (Å²) >= 11 is 0. The first-order valence-corrected chi connectivity index (χ1v) is 23.7. The third kappa shape index (κ3) is 10.2. The van der Waals surface area contributed by atoms with Gasteiger partial charge >= 0.3 is 12.2 Å². The van der Waals surface area contributed by atoms with Crippen LogP contribution >= 0.6 is 0 Å². The van der Waals surface area contributed by atoms with Crippen molar-refractivity contribution in [2.24, 2.45) is 0 Å². The smallest absolute Gasteiger partial charge is 0.410 e. The molecule has 0 aliphatic rings. The van der Waals surface area contributed by atoms with Crippen LogP contribution in [-0.4, -0.2) is 83.0 Å². The highest BCUT2D eigenvalue weighted by atomic mass is 16.6. The number of rotatable bonds is 11. The second-order valence-corrected chi connectivity index (χ2v) is 20.2. The SMILES string of the molecule is CN(Cc1c2ccccc2c(CN(C)C(=O)c2ccccc2-c2ccccc2C(=O)N(C)Cc2c3ccccc3c(CN(C)C(=O)OC(C)(C)C)c3ccccc23)c2ccccc12)C(=O)OC(C)(C)C. The number of benzene rings is 8. The maximum Gasteiger partial charge on any atom is 0.410 e. The number of amides is 4. The number of fused-ring (bicyclic) bond motifs is 4. The zero-order valence-corrected chi connectivity index (χ0v) is 41.9. The highest BCUT2D eigenvalue weighted by Gasteiger charge is 2.27. The summed E-state index contributed by atoms with van der Waals surface area (Å²) in [7, 11) is 7.12. The number of hydrogen-bond donors (Lipinski definition) is 0. The molecule has 358 valence electrons. The van der Waals surface area contributed by atoms with Crippen LogP contribution in [0.15, 0.2) is 146 Å². The first-order chi connectivity index (χ1) is 33.3. The number of ether oxygens (including phenoxy) is 2. The minimum Gasteiger partial charge on any atom is -0.444 e. The fourth-order valence-corrected chi connectivity index (χ4v) is 9.42. The van der Waals surface area contributed by atoms with Gasteiger partial charge in [-0.3, -0.25) is 9.59 Å². The van der Waals surface area contributed by atoms with Gasteiger partial charge in [0.1, 0.15) is 11.2 Å². The average Bonchev–Trinajstić information content (AvgIpc) is 3.34. The van der Waals surface area contributed by atoms with Crippen molar-refractivity contribution < 1.29 is 28.7 Å². The Morgan fingerprint density at radius 3 is 0.800 bits per heavy atom. The van der Waals surface area contributed by atoms with Gasteiger partial charge in [-0.2, -0.15) is 0 Å². The van der Waals surface area contributed by atoms with Crippen LogP contribution in [-0.2, 0) is 35.7 Å². The van der Waals surface area contributed by atoms with Gasteiger partial charge in [-0.05, 0) is 130 Å². The number of carbonyl (C=O) groups excluding carboxylic acids is 4. The van der Waals surface area contributed by atoms with Crippen LogP contribution in [0.1, 0.15) is 84.5 Å². The predicted octanol–water partition coefficient (Wildman–Crippen LogP) is 13.2. The van der Waals surface area contributed by atoms with Crippen molar-refractivity contribution in [2.45, 2.75) is 78.9 Å². The molecule has 0 saturated carbocycles. The molecule has 0 bridgehead atoms. The molecular formula is C60H62N4O6. The first-order valence-electron chi connectivity index (χ1n) is 23.7. The van der Waals surface area contributed by atoms with Crippen LogP contribution < -0.4 is 0 Å². The first kappa shape index (κ1) is 48.7. The Kier molecular flexibility index (Phi) is 13.7. The third-order valence-electron chi connectivity index (χ3n) is 12.6. The average molecular weight is 935 g/mol. The van der Waals surface area contributed by atoms with Crippen molar-refractivity contribution in [3.05, 3.63) is 179 Å². The molecule has 0 aliphatic heterocycles. The Bertz CT molecular complexity index is 2980. The molecule has 0 N–H and O–H groups in total. The van der Waals surface area contributed by atoms with E-state index in [2.05, 4.69) is 48.5 Å². The molecule has 0 spiro atoms. The summed E-state index contributed by atoms with van der Waals surface area (Å²) in [5, 5.41) is 7.93. The minimum atomic E-state index is -0.631. The molecule has 8 aromatic rings. The van der Waals surface area contributed by atoms with Crippen LogP contribution in [0, 0.1) is 0 Å². The molecule has 70 heavy (non-hydrogen) atoms. The topological polar surface area (TPSA) is 99.7 Å². The molecule has 10 heteroatoms. The van der Waals surface area contributed by atoms with E-state index in [9.17, 15) is 19.2 Å². The van der Waals surface area contributed by atoms with Gasteiger partial charge in [0.25, 0.3) is 11.8 Å². The number of hydrogen-bond acceptors (Lipinski definition) is 6. The maximum atomic E-state index is 14.9. The number of carbonyl (C=O) groups is 4. The third-order valence-corrected chi connectivity index (χ3v) is 12.6. The molecule has 0 heterocycles. The predicted molar refractivity (Wildman–Crippen MR) is 282 cm³/mol. The zero-order chi connectivity index (χ0) is 50.1. The van der Waals surface area contributed by atoms with Gasteiger partial charge in [-0.25, -0.2) is 9.59 Å². The summed E-state index contributed by atoms with van der Waals surface area (Å²) in [5.74, 6) is -0.383. The summed E-state index contributed by atoms with van der Waals surface area (Å²) < 4.78 is 11.4. The monoisotopic (exact) mass is 934 g/mol. The van der Waals surface area contributed by atoms with Crippen LogP contribution in [0.25, 0.3) is 54.2 Å². The van der Waals surface area contributed by atoms with Crippen molar-refractivity contribution in [1.29, 1.82) is 0 Å². The van der Waals surface area contributed by atoms with E-state index in [0.717, 1.165) is 65.3 Å². The quantitative estimate of drug-likeness (QED) is 0.120. The lowest BCUT2D eigenvalue weighted by Gasteiger charge is -2.27. The van der Waals surface area contributed by atoms with Crippen LogP contribution in [0.4, 0.5) is 9.59 Å². The number of nitrogens with zero attached hydrogens (tertiary/aromatic N) is 4. The summed E-state index contributed by atoms with van der Waals surface area (Å²) in [6, 6.07) is 47.5. The van der Waals surface area contributed by atoms with E-state index in [4.69, 9.17) is 9.47 Å². The molecule has 0 aliphatic carbocycles. The lowest BCUT2D eigenvalue weighted by atomic mass is 9.90. The Balaban J connectivity index is 1.10. The van der Waals surface area contributed by atoms with Crippen LogP contribution in [0.5, 0.6) is 0 Å². The molecule has 0 unspecified atom stereocenters. The van der Waals surface area contributed by atoms with E-state index in [1.165, 1.54) is 0 Å². The van der Waals surface area contributed by atoms with Gasteiger partial charge in [0.05, 0.1) is 0 Å². The fraction of sp³-hybridized carbons (Fsp3) is 0.267. The Morgan fingerprint density at radius 1 is 0.343 bits per heavy atom. The highest BCUT2D eigenvalue weighted by Crippen LogP contribution is 2.38. The molecule has 8 aromatic carbocycles. The van der Waals surface area contributed by atoms with Gasteiger partial charge in [0.2, 0.25) is 0 Å². The van der Waals surface area contributed by atoms with Crippen molar-refractivity contribution >= 4 is 67.1 Å². The molecular weight excluding hydrogens is 873 g/mol. The van der Waals surface area contributed by atoms with Crippen LogP contribution in [0.3, 0.4) is 0 Å². The standard InChI is InChI=1S/C60H62N4O6/c1-59(2,3)69-57(67)63(9)37-53-45-29-15-11-25-41(45)51(42-26-12-16-30-46(42)53)35-61(7)55(65)49-33-21-19-23-39(49)40-24-20-22-34-50(40)56(66)62(8)36-52-43-27-13-17-31-47(43)54(48-32-18-14-28-44(48)52)38-64(10)58(68)70-60(4,5)6/h11-34H,35-38H2,1-10H3. The van der Waals surface area contributed by atoms with Gasteiger partial charge < -0.3 is 29.1 Å². The molecule has 0 aromatic heterocycles.